The molecule has 0 saturated carbocycles. The van der Waals surface area contributed by atoms with Crippen LogP contribution < -0.4 is 0 Å². The third kappa shape index (κ3) is 1.25. The fourth-order valence-corrected chi connectivity index (χ4v) is 1.91. The maximum Gasteiger partial charge on any atom is 0.106 e. The van der Waals surface area contributed by atoms with E-state index in [9.17, 15) is 0 Å². The van der Waals surface area contributed by atoms with Gasteiger partial charge < -0.3 is 4.74 Å². The van der Waals surface area contributed by atoms with Gasteiger partial charge >= 0.3 is 0 Å². The Labute approximate surface area is 73.4 Å². The maximum absolute atomic E-state index is 5.30. The van der Waals surface area contributed by atoms with Crippen molar-refractivity contribution < 1.29 is 4.74 Å². The summed E-state index contributed by atoms with van der Waals surface area (Å²) < 4.78 is 5.30. The molecule has 1 heteroatoms. The molecular formula is C11H14O. The van der Waals surface area contributed by atoms with Crippen LogP contribution in [0.5, 0.6) is 0 Å². The molecule has 1 aromatic rings. The highest BCUT2D eigenvalue weighted by Crippen LogP contribution is 2.34. The summed E-state index contributed by atoms with van der Waals surface area (Å²) >= 11 is 0. The van der Waals surface area contributed by atoms with Gasteiger partial charge in [-0.1, -0.05) is 17.7 Å². The Morgan fingerprint density at radius 2 is 1.67 bits per heavy atom. The van der Waals surface area contributed by atoms with Gasteiger partial charge in [-0.3, -0.25) is 0 Å². The zero-order valence-electron chi connectivity index (χ0n) is 7.85. The van der Waals surface area contributed by atoms with Gasteiger partial charge in [-0.2, -0.15) is 0 Å². The van der Waals surface area contributed by atoms with Crippen molar-refractivity contribution >= 4 is 0 Å². The second-order valence-electron chi connectivity index (χ2n) is 3.63. The average molecular weight is 162 g/mol. The molecule has 1 nitrogen and oxygen atoms in total. The average Bonchev–Trinajstić information content (AvgIpc) is 2.68. The lowest BCUT2D eigenvalue weighted by atomic mass is 9.98. The molecule has 64 valence electrons. The maximum atomic E-state index is 5.30. The first kappa shape index (κ1) is 7.81. The van der Waals surface area contributed by atoms with E-state index in [2.05, 4.69) is 32.9 Å². The molecule has 0 N–H and O–H groups in total. The van der Waals surface area contributed by atoms with Crippen molar-refractivity contribution in [1.82, 2.24) is 0 Å². The number of aryl methyl sites for hydroxylation is 3. The molecule has 0 aromatic heterocycles. The quantitative estimate of drug-likeness (QED) is 0.578. The number of epoxide rings is 1. The summed E-state index contributed by atoms with van der Waals surface area (Å²) in [7, 11) is 0. The molecule has 0 spiro atoms. The van der Waals surface area contributed by atoms with Crippen molar-refractivity contribution in [2.45, 2.75) is 26.9 Å². The van der Waals surface area contributed by atoms with E-state index in [1.54, 1.807) is 0 Å². The first-order valence-corrected chi connectivity index (χ1v) is 4.38. The van der Waals surface area contributed by atoms with Crippen molar-refractivity contribution in [3.05, 3.63) is 34.4 Å². The molecule has 0 amide bonds. The van der Waals surface area contributed by atoms with Crippen LogP contribution in [0.25, 0.3) is 0 Å². The topological polar surface area (TPSA) is 12.5 Å². The molecule has 0 unspecified atom stereocenters. The largest absolute Gasteiger partial charge is 0.368 e. The molecule has 1 atom stereocenters. The van der Waals surface area contributed by atoms with Crippen LogP contribution in [-0.2, 0) is 4.74 Å². The molecule has 1 aliphatic rings. The van der Waals surface area contributed by atoms with E-state index in [1.165, 1.54) is 22.3 Å². The van der Waals surface area contributed by atoms with Crippen LogP contribution in [0.3, 0.4) is 0 Å². The van der Waals surface area contributed by atoms with Gasteiger partial charge in [-0.05, 0) is 37.5 Å². The Morgan fingerprint density at radius 1 is 1.17 bits per heavy atom. The Hall–Kier alpha value is -0.820. The van der Waals surface area contributed by atoms with Crippen LogP contribution in [0.15, 0.2) is 12.1 Å². The summed E-state index contributed by atoms with van der Waals surface area (Å²) in [5, 5.41) is 0. The predicted octanol–water partition coefficient (Wildman–Crippen LogP) is 2.68. The Kier molecular flexibility index (Phi) is 1.69. The minimum Gasteiger partial charge on any atom is -0.368 e. The number of hydrogen-bond donors (Lipinski definition) is 0. The SMILES string of the molecule is Cc1cc(C)c([C@@H]2CO2)c(C)c1. The lowest BCUT2D eigenvalue weighted by Crippen LogP contribution is -1.92. The van der Waals surface area contributed by atoms with Crippen LogP contribution >= 0.6 is 0 Å². The monoisotopic (exact) mass is 162 g/mol. The normalized spacial score (nSPS) is 21.1. The van der Waals surface area contributed by atoms with Crippen LogP contribution in [0.2, 0.25) is 0 Å². The fraction of sp³-hybridized carbons (Fsp3) is 0.455. The van der Waals surface area contributed by atoms with Gasteiger partial charge in [-0.15, -0.1) is 0 Å². The number of rotatable bonds is 1. The van der Waals surface area contributed by atoms with E-state index in [0.717, 1.165) is 6.61 Å². The number of ether oxygens (including phenoxy) is 1. The summed E-state index contributed by atoms with van der Waals surface area (Å²) in [6, 6.07) is 4.45. The molecule has 0 bridgehead atoms. The molecule has 2 rings (SSSR count). The van der Waals surface area contributed by atoms with E-state index in [-0.39, 0.29) is 0 Å². The summed E-state index contributed by atoms with van der Waals surface area (Å²) in [5.74, 6) is 0. The lowest BCUT2D eigenvalue weighted by Gasteiger charge is -2.07. The summed E-state index contributed by atoms with van der Waals surface area (Å²) in [5.41, 5.74) is 5.49. The minimum absolute atomic E-state index is 0.394. The highest BCUT2D eigenvalue weighted by molar-refractivity contribution is 5.40. The van der Waals surface area contributed by atoms with Crippen molar-refractivity contribution in [3.8, 4) is 0 Å². The lowest BCUT2D eigenvalue weighted by molar-refractivity contribution is 0.414. The second kappa shape index (κ2) is 2.60. The zero-order valence-corrected chi connectivity index (χ0v) is 7.85. The Bertz CT molecular complexity index is 288. The highest BCUT2D eigenvalue weighted by atomic mass is 16.6. The standard InChI is InChI=1S/C11H14O/c1-7-4-8(2)11(9(3)5-7)10-6-12-10/h4-5,10H,6H2,1-3H3/t10-/m0/s1. The summed E-state index contributed by atoms with van der Waals surface area (Å²) in [4.78, 5) is 0. The minimum atomic E-state index is 0.394. The van der Waals surface area contributed by atoms with E-state index in [1.807, 2.05) is 0 Å². The molecule has 1 aromatic carbocycles. The second-order valence-corrected chi connectivity index (χ2v) is 3.63. The van der Waals surface area contributed by atoms with Crippen molar-refractivity contribution in [2.75, 3.05) is 6.61 Å². The van der Waals surface area contributed by atoms with Crippen LogP contribution in [0, 0.1) is 20.8 Å². The molecule has 1 saturated heterocycles. The van der Waals surface area contributed by atoms with E-state index in [4.69, 9.17) is 4.74 Å². The zero-order chi connectivity index (χ0) is 8.72. The van der Waals surface area contributed by atoms with Gasteiger partial charge in [0.05, 0.1) is 6.61 Å². The van der Waals surface area contributed by atoms with Crippen molar-refractivity contribution in [2.24, 2.45) is 0 Å². The number of benzene rings is 1. The molecular weight excluding hydrogens is 148 g/mol. The Balaban J connectivity index is 2.51. The summed E-state index contributed by atoms with van der Waals surface area (Å²) in [6.45, 7) is 7.37. The number of hydrogen-bond acceptors (Lipinski definition) is 1. The van der Waals surface area contributed by atoms with Crippen molar-refractivity contribution in [3.63, 3.8) is 0 Å². The third-order valence-corrected chi connectivity index (χ3v) is 2.39. The summed E-state index contributed by atoms with van der Waals surface area (Å²) in [6.07, 6.45) is 0.394. The van der Waals surface area contributed by atoms with E-state index < -0.39 is 0 Å². The van der Waals surface area contributed by atoms with E-state index >= 15 is 0 Å². The van der Waals surface area contributed by atoms with Gasteiger partial charge in [0.15, 0.2) is 0 Å². The third-order valence-electron chi connectivity index (χ3n) is 2.39. The van der Waals surface area contributed by atoms with Crippen LogP contribution in [0.1, 0.15) is 28.4 Å². The molecule has 1 fully saturated rings. The molecule has 0 radical (unpaired) electrons. The van der Waals surface area contributed by atoms with Gasteiger partial charge in [0.1, 0.15) is 6.10 Å². The fourth-order valence-electron chi connectivity index (χ4n) is 1.91. The van der Waals surface area contributed by atoms with Gasteiger partial charge in [-0.25, -0.2) is 0 Å². The predicted molar refractivity (Wildman–Crippen MR) is 49.3 cm³/mol. The smallest absolute Gasteiger partial charge is 0.106 e. The Morgan fingerprint density at radius 3 is 2.08 bits per heavy atom. The first-order chi connectivity index (χ1) is 5.68. The molecule has 1 heterocycles. The molecule has 0 aliphatic carbocycles. The molecule has 1 aliphatic heterocycles. The van der Waals surface area contributed by atoms with Crippen LogP contribution in [-0.4, -0.2) is 6.61 Å². The van der Waals surface area contributed by atoms with Gasteiger partial charge in [0.2, 0.25) is 0 Å². The van der Waals surface area contributed by atoms with Crippen molar-refractivity contribution in [1.29, 1.82) is 0 Å². The van der Waals surface area contributed by atoms with Gasteiger partial charge in [0.25, 0.3) is 0 Å². The molecule has 12 heavy (non-hydrogen) atoms. The first-order valence-electron chi connectivity index (χ1n) is 4.38. The van der Waals surface area contributed by atoms with Crippen LogP contribution in [0.4, 0.5) is 0 Å². The highest BCUT2D eigenvalue weighted by Gasteiger charge is 2.27. The van der Waals surface area contributed by atoms with E-state index in [0.29, 0.717) is 6.10 Å². The van der Waals surface area contributed by atoms with Gasteiger partial charge in [0, 0.05) is 0 Å².